The molecular weight excluding hydrogens is 363 g/mol. The van der Waals surface area contributed by atoms with E-state index in [4.69, 9.17) is 11.6 Å². The fourth-order valence-electron chi connectivity index (χ4n) is 2.90. The number of hydrogen-bond acceptors (Lipinski definition) is 3. The molecule has 2 aromatic carbocycles. The molecule has 142 valence electrons. The van der Waals surface area contributed by atoms with Gasteiger partial charge < -0.3 is 5.32 Å². The summed E-state index contributed by atoms with van der Waals surface area (Å²) in [5, 5.41) is 13.2. The molecule has 0 radical (unpaired) electrons. The van der Waals surface area contributed by atoms with Crippen molar-refractivity contribution in [2.75, 3.05) is 6.54 Å². The standard InChI is InChI=1S/C21H24ClFN4/c1-2-3-7-12-24-14-20-21(16-8-5-4-6-9-16)26-27(25-20)15-17-10-11-18(23)13-19(17)22/h4-6,8-11,13,24H,2-3,7,12,14-15H2,1H3. The van der Waals surface area contributed by atoms with Crippen LogP contribution in [0.4, 0.5) is 4.39 Å². The van der Waals surface area contributed by atoms with E-state index < -0.39 is 0 Å². The molecule has 0 saturated carbocycles. The Morgan fingerprint density at radius 2 is 1.89 bits per heavy atom. The molecule has 3 rings (SSSR count). The first-order valence-corrected chi connectivity index (χ1v) is 9.69. The molecule has 1 N–H and O–H groups in total. The zero-order chi connectivity index (χ0) is 19.1. The van der Waals surface area contributed by atoms with Crippen molar-refractivity contribution < 1.29 is 4.39 Å². The summed E-state index contributed by atoms with van der Waals surface area (Å²) in [4.78, 5) is 1.63. The van der Waals surface area contributed by atoms with Crippen molar-refractivity contribution in [1.29, 1.82) is 0 Å². The Hall–Kier alpha value is -2.24. The van der Waals surface area contributed by atoms with Gasteiger partial charge in [-0.2, -0.15) is 15.0 Å². The van der Waals surface area contributed by atoms with E-state index in [1.54, 1.807) is 10.9 Å². The van der Waals surface area contributed by atoms with E-state index in [9.17, 15) is 4.39 Å². The number of benzene rings is 2. The Labute approximate surface area is 164 Å². The van der Waals surface area contributed by atoms with Gasteiger partial charge in [0.1, 0.15) is 17.2 Å². The highest BCUT2D eigenvalue weighted by atomic mass is 35.5. The SMILES string of the molecule is CCCCCNCc1nn(Cc2ccc(F)cc2Cl)nc1-c1ccccc1. The van der Waals surface area contributed by atoms with Gasteiger partial charge in [-0.05, 0) is 30.7 Å². The van der Waals surface area contributed by atoms with E-state index in [-0.39, 0.29) is 5.82 Å². The smallest absolute Gasteiger partial charge is 0.124 e. The Balaban J connectivity index is 1.80. The average Bonchev–Trinajstić information content (AvgIpc) is 3.07. The minimum Gasteiger partial charge on any atom is -0.311 e. The second-order valence-electron chi connectivity index (χ2n) is 6.51. The number of aromatic nitrogens is 3. The first-order valence-electron chi connectivity index (χ1n) is 9.31. The predicted molar refractivity (Wildman–Crippen MR) is 107 cm³/mol. The van der Waals surface area contributed by atoms with Crippen molar-refractivity contribution in [3.8, 4) is 11.3 Å². The van der Waals surface area contributed by atoms with Gasteiger partial charge in [-0.1, -0.05) is 67.8 Å². The highest BCUT2D eigenvalue weighted by molar-refractivity contribution is 6.31. The Morgan fingerprint density at radius 3 is 2.63 bits per heavy atom. The number of nitrogens with zero attached hydrogens (tertiary/aromatic N) is 3. The minimum absolute atomic E-state index is 0.348. The van der Waals surface area contributed by atoms with E-state index in [2.05, 4.69) is 22.4 Å². The molecule has 1 heterocycles. The lowest BCUT2D eigenvalue weighted by molar-refractivity contribution is 0.568. The molecular formula is C21H24ClFN4. The summed E-state index contributed by atoms with van der Waals surface area (Å²) in [7, 11) is 0. The van der Waals surface area contributed by atoms with Gasteiger partial charge in [0.05, 0.1) is 6.54 Å². The van der Waals surface area contributed by atoms with Crippen molar-refractivity contribution in [2.24, 2.45) is 0 Å². The minimum atomic E-state index is -0.348. The van der Waals surface area contributed by atoms with Gasteiger partial charge in [0.25, 0.3) is 0 Å². The topological polar surface area (TPSA) is 42.7 Å². The van der Waals surface area contributed by atoms with Gasteiger partial charge in [-0.3, -0.25) is 0 Å². The molecule has 6 heteroatoms. The van der Waals surface area contributed by atoms with Crippen LogP contribution in [0.5, 0.6) is 0 Å². The number of hydrogen-bond donors (Lipinski definition) is 1. The van der Waals surface area contributed by atoms with E-state index in [0.717, 1.165) is 35.5 Å². The van der Waals surface area contributed by atoms with Gasteiger partial charge in [0.15, 0.2) is 0 Å². The summed E-state index contributed by atoms with van der Waals surface area (Å²) >= 11 is 6.15. The Bertz CT molecular complexity index is 864. The van der Waals surface area contributed by atoms with Crippen LogP contribution in [0.25, 0.3) is 11.3 Å². The molecule has 0 aliphatic carbocycles. The molecule has 0 aliphatic heterocycles. The van der Waals surface area contributed by atoms with Crippen LogP contribution in [0.3, 0.4) is 0 Å². The third-order valence-electron chi connectivity index (χ3n) is 4.35. The van der Waals surface area contributed by atoms with Crippen molar-refractivity contribution in [2.45, 2.75) is 39.3 Å². The van der Waals surface area contributed by atoms with Crippen LogP contribution in [0.2, 0.25) is 5.02 Å². The molecule has 0 aliphatic rings. The number of halogens is 2. The first-order chi connectivity index (χ1) is 13.2. The van der Waals surface area contributed by atoms with E-state index in [1.807, 2.05) is 30.3 Å². The number of rotatable bonds is 9. The predicted octanol–water partition coefficient (Wildman–Crippen LogP) is 5.07. The summed E-state index contributed by atoms with van der Waals surface area (Å²) in [6.45, 7) is 4.21. The quantitative estimate of drug-likeness (QED) is 0.522. The molecule has 3 aromatic rings. The molecule has 1 aromatic heterocycles. The number of nitrogens with one attached hydrogen (secondary N) is 1. The molecule has 27 heavy (non-hydrogen) atoms. The lowest BCUT2D eigenvalue weighted by atomic mass is 10.1. The molecule has 4 nitrogen and oxygen atoms in total. The fraction of sp³-hybridized carbons (Fsp3) is 0.333. The largest absolute Gasteiger partial charge is 0.311 e. The second kappa shape index (κ2) is 9.62. The molecule has 0 amide bonds. The van der Waals surface area contributed by atoms with Crippen LogP contribution < -0.4 is 5.32 Å². The second-order valence-corrected chi connectivity index (χ2v) is 6.92. The average molecular weight is 387 g/mol. The van der Waals surface area contributed by atoms with Crippen molar-refractivity contribution >= 4 is 11.6 Å². The van der Waals surface area contributed by atoms with Crippen LogP contribution in [0.1, 0.15) is 37.4 Å². The monoisotopic (exact) mass is 386 g/mol. The fourth-order valence-corrected chi connectivity index (χ4v) is 3.13. The molecule has 0 unspecified atom stereocenters. The summed E-state index contributed by atoms with van der Waals surface area (Å²) in [5.41, 5.74) is 3.57. The highest BCUT2D eigenvalue weighted by Crippen LogP contribution is 2.22. The van der Waals surface area contributed by atoms with Gasteiger partial charge >= 0.3 is 0 Å². The lowest BCUT2D eigenvalue weighted by Crippen LogP contribution is -2.16. The molecule has 0 atom stereocenters. The molecule has 0 spiro atoms. The van der Waals surface area contributed by atoms with E-state index in [1.165, 1.54) is 25.0 Å². The first kappa shape index (κ1) is 19.5. The summed E-state index contributed by atoms with van der Waals surface area (Å²) in [6, 6.07) is 14.4. The number of unbranched alkanes of at least 4 members (excludes halogenated alkanes) is 2. The van der Waals surface area contributed by atoms with Crippen LogP contribution in [0, 0.1) is 5.82 Å². The molecule has 0 fully saturated rings. The molecule has 0 bridgehead atoms. The van der Waals surface area contributed by atoms with Crippen LogP contribution >= 0.6 is 11.6 Å². The summed E-state index contributed by atoms with van der Waals surface area (Å²) < 4.78 is 13.3. The van der Waals surface area contributed by atoms with Crippen LogP contribution in [-0.4, -0.2) is 21.5 Å². The third kappa shape index (κ3) is 5.37. The van der Waals surface area contributed by atoms with E-state index >= 15 is 0 Å². The molecule has 0 saturated heterocycles. The highest BCUT2D eigenvalue weighted by Gasteiger charge is 2.14. The zero-order valence-corrected chi connectivity index (χ0v) is 16.2. The zero-order valence-electron chi connectivity index (χ0n) is 15.5. The maximum atomic E-state index is 13.3. The van der Waals surface area contributed by atoms with Crippen molar-refractivity contribution in [3.05, 3.63) is 70.6 Å². The summed E-state index contributed by atoms with van der Waals surface area (Å²) in [5.74, 6) is -0.348. The Morgan fingerprint density at radius 1 is 1.07 bits per heavy atom. The maximum absolute atomic E-state index is 13.3. The van der Waals surface area contributed by atoms with Gasteiger partial charge in [-0.25, -0.2) is 4.39 Å². The summed E-state index contributed by atoms with van der Waals surface area (Å²) in [6.07, 6.45) is 3.57. The van der Waals surface area contributed by atoms with Crippen molar-refractivity contribution in [1.82, 2.24) is 20.3 Å². The maximum Gasteiger partial charge on any atom is 0.124 e. The van der Waals surface area contributed by atoms with Gasteiger partial charge in [0, 0.05) is 17.1 Å². The third-order valence-corrected chi connectivity index (χ3v) is 4.70. The van der Waals surface area contributed by atoms with Crippen LogP contribution in [-0.2, 0) is 13.1 Å². The van der Waals surface area contributed by atoms with Crippen molar-refractivity contribution in [3.63, 3.8) is 0 Å². The van der Waals surface area contributed by atoms with Crippen LogP contribution in [0.15, 0.2) is 48.5 Å². The van der Waals surface area contributed by atoms with Gasteiger partial charge in [0.2, 0.25) is 0 Å². The van der Waals surface area contributed by atoms with E-state index in [0.29, 0.717) is 18.1 Å². The lowest BCUT2D eigenvalue weighted by Gasteiger charge is -2.04. The Kier molecular flexibility index (Phi) is 6.96. The van der Waals surface area contributed by atoms with Gasteiger partial charge in [-0.15, -0.1) is 0 Å². The normalized spacial score (nSPS) is 11.1.